The highest BCUT2D eigenvalue weighted by molar-refractivity contribution is 5.62. The van der Waals surface area contributed by atoms with E-state index in [4.69, 9.17) is 0 Å². The highest BCUT2D eigenvalue weighted by atomic mass is 16.3. The Hall–Kier alpha value is -0.410. The molecule has 0 saturated carbocycles. The molecular formula is C19H38N2O. The zero-order valence-corrected chi connectivity index (χ0v) is 15.0. The monoisotopic (exact) mass is 310 g/mol. The highest BCUT2D eigenvalue weighted by Crippen LogP contribution is 2.18. The minimum absolute atomic E-state index is 0.225. The summed E-state index contributed by atoms with van der Waals surface area (Å²) < 4.78 is 0. The molecule has 0 aromatic heterocycles. The van der Waals surface area contributed by atoms with Gasteiger partial charge < -0.3 is 5.11 Å². The molecule has 0 bridgehead atoms. The van der Waals surface area contributed by atoms with Gasteiger partial charge in [0.25, 0.3) is 0 Å². The largest absolute Gasteiger partial charge is 0.379 e. The number of aliphatic imine (C=N–C) groups is 1. The van der Waals surface area contributed by atoms with E-state index in [1.165, 1.54) is 77.0 Å². The van der Waals surface area contributed by atoms with Crippen LogP contribution in [0.3, 0.4) is 0 Å². The molecule has 22 heavy (non-hydrogen) atoms. The second kappa shape index (κ2) is 13.1. The molecule has 1 aliphatic heterocycles. The van der Waals surface area contributed by atoms with Crippen LogP contribution in [0.5, 0.6) is 0 Å². The highest BCUT2D eigenvalue weighted by Gasteiger charge is 2.23. The Morgan fingerprint density at radius 1 is 0.955 bits per heavy atom. The molecule has 1 aliphatic rings. The van der Waals surface area contributed by atoms with E-state index in [1.54, 1.807) is 0 Å². The molecule has 0 radical (unpaired) electrons. The zero-order chi connectivity index (χ0) is 16.0. The summed E-state index contributed by atoms with van der Waals surface area (Å²) in [5, 5.41) is 9.66. The lowest BCUT2D eigenvalue weighted by Gasteiger charge is -2.25. The van der Waals surface area contributed by atoms with Crippen molar-refractivity contribution in [1.29, 1.82) is 0 Å². The van der Waals surface area contributed by atoms with Crippen molar-refractivity contribution < 1.29 is 5.11 Å². The predicted molar refractivity (Wildman–Crippen MR) is 96.4 cm³/mol. The first kappa shape index (κ1) is 19.6. The molecular weight excluding hydrogens is 272 g/mol. The molecule has 130 valence electrons. The van der Waals surface area contributed by atoms with Crippen LogP contribution < -0.4 is 0 Å². The Morgan fingerprint density at radius 2 is 1.45 bits per heavy atom. The van der Waals surface area contributed by atoms with Crippen molar-refractivity contribution in [1.82, 2.24) is 4.90 Å². The van der Waals surface area contributed by atoms with Gasteiger partial charge in [-0.2, -0.15) is 0 Å². The van der Waals surface area contributed by atoms with Crippen LogP contribution in [0.1, 0.15) is 97.3 Å². The van der Waals surface area contributed by atoms with E-state index in [0.29, 0.717) is 0 Å². The van der Waals surface area contributed by atoms with E-state index in [1.807, 2.05) is 13.1 Å². The van der Waals surface area contributed by atoms with Crippen LogP contribution in [0.25, 0.3) is 0 Å². The third-order valence-electron chi connectivity index (χ3n) is 4.75. The number of unbranched alkanes of at least 4 members (excludes halogenated alkanes) is 11. The molecule has 3 heteroatoms. The molecule has 1 heterocycles. The van der Waals surface area contributed by atoms with E-state index in [9.17, 15) is 5.11 Å². The fourth-order valence-electron chi connectivity index (χ4n) is 3.28. The first-order valence-corrected chi connectivity index (χ1v) is 9.71. The number of aliphatic hydroxyl groups excluding tert-OH is 1. The number of aliphatic hydroxyl groups is 1. The van der Waals surface area contributed by atoms with E-state index >= 15 is 0 Å². The van der Waals surface area contributed by atoms with Gasteiger partial charge in [-0.05, 0) is 19.8 Å². The average Bonchev–Trinajstić information content (AvgIpc) is 2.97. The van der Waals surface area contributed by atoms with E-state index < -0.39 is 0 Å². The van der Waals surface area contributed by atoms with Gasteiger partial charge in [0.2, 0.25) is 0 Å². The normalized spacial score (nSPS) is 19.9. The van der Waals surface area contributed by atoms with Gasteiger partial charge in [0.05, 0.1) is 0 Å². The minimum atomic E-state index is -0.371. The minimum Gasteiger partial charge on any atom is -0.379 e. The molecule has 3 nitrogen and oxygen atoms in total. The Balaban J connectivity index is 1.83. The standard InChI is InChI=1S/C19H38N2O/c1-3-4-5-6-7-8-9-10-11-12-13-14-15-19-20-16-17-21(19)18(2)22/h16,18-19,22H,3-15,17H2,1-2H3. The van der Waals surface area contributed by atoms with Gasteiger partial charge in [-0.3, -0.25) is 9.89 Å². The van der Waals surface area contributed by atoms with Crippen molar-refractivity contribution in [3.05, 3.63) is 0 Å². The summed E-state index contributed by atoms with van der Waals surface area (Å²) in [4.78, 5) is 6.54. The van der Waals surface area contributed by atoms with Crippen LogP contribution in [0.4, 0.5) is 0 Å². The second-order valence-electron chi connectivity index (χ2n) is 6.82. The Bertz CT molecular complexity index is 279. The van der Waals surface area contributed by atoms with Gasteiger partial charge in [-0.15, -0.1) is 0 Å². The lowest BCUT2D eigenvalue weighted by molar-refractivity contribution is 0.00710. The Labute approximate surface area is 138 Å². The quantitative estimate of drug-likeness (QED) is 0.452. The third-order valence-corrected chi connectivity index (χ3v) is 4.75. The SMILES string of the molecule is CCCCCCCCCCCCCCC1N=CCN1C(C)O. The molecule has 2 unspecified atom stereocenters. The van der Waals surface area contributed by atoms with E-state index in [0.717, 1.165) is 13.0 Å². The van der Waals surface area contributed by atoms with Crippen LogP contribution in [-0.2, 0) is 0 Å². The number of nitrogens with zero attached hydrogens (tertiary/aromatic N) is 2. The number of hydrogen-bond donors (Lipinski definition) is 1. The fraction of sp³-hybridized carbons (Fsp3) is 0.947. The van der Waals surface area contributed by atoms with Crippen LogP contribution in [0.15, 0.2) is 4.99 Å². The first-order valence-electron chi connectivity index (χ1n) is 9.71. The van der Waals surface area contributed by atoms with Gasteiger partial charge in [-0.1, -0.05) is 77.6 Å². The van der Waals surface area contributed by atoms with Crippen molar-refractivity contribution in [2.45, 2.75) is 110 Å². The molecule has 1 rings (SSSR count). The summed E-state index contributed by atoms with van der Waals surface area (Å²) in [6.45, 7) is 4.92. The maximum Gasteiger partial charge on any atom is 0.106 e. The summed E-state index contributed by atoms with van der Waals surface area (Å²) in [5.41, 5.74) is 0. The second-order valence-corrected chi connectivity index (χ2v) is 6.82. The maximum absolute atomic E-state index is 9.66. The number of rotatable bonds is 14. The van der Waals surface area contributed by atoms with Gasteiger partial charge in [0.1, 0.15) is 12.4 Å². The molecule has 0 aliphatic carbocycles. The summed E-state index contributed by atoms with van der Waals surface area (Å²) in [7, 11) is 0. The molecule has 0 amide bonds. The zero-order valence-electron chi connectivity index (χ0n) is 15.0. The van der Waals surface area contributed by atoms with E-state index in [-0.39, 0.29) is 12.4 Å². The summed E-state index contributed by atoms with van der Waals surface area (Å²) >= 11 is 0. The van der Waals surface area contributed by atoms with Gasteiger partial charge in [0.15, 0.2) is 0 Å². The van der Waals surface area contributed by atoms with Gasteiger partial charge >= 0.3 is 0 Å². The first-order chi connectivity index (χ1) is 10.8. The fourth-order valence-corrected chi connectivity index (χ4v) is 3.28. The molecule has 0 aromatic rings. The molecule has 0 aromatic carbocycles. The van der Waals surface area contributed by atoms with Crippen LogP contribution in [0.2, 0.25) is 0 Å². The van der Waals surface area contributed by atoms with Crippen molar-refractivity contribution in [2.24, 2.45) is 4.99 Å². The molecule has 0 spiro atoms. The van der Waals surface area contributed by atoms with Crippen molar-refractivity contribution in [2.75, 3.05) is 6.54 Å². The topological polar surface area (TPSA) is 35.8 Å². The molecule has 0 fully saturated rings. The van der Waals surface area contributed by atoms with Crippen molar-refractivity contribution >= 4 is 6.21 Å². The van der Waals surface area contributed by atoms with E-state index in [2.05, 4.69) is 16.8 Å². The van der Waals surface area contributed by atoms with Crippen molar-refractivity contribution in [3.63, 3.8) is 0 Å². The molecule has 1 N–H and O–H groups in total. The van der Waals surface area contributed by atoms with Crippen molar-refractivity contribution in [3.8, 4) is 0 Å². The summed E-state index contributed by atoms with van der Waals surface area (Å²) in [6.07, 6.45) is 19.5. The van der Waals surface area contributed by atoms with Crippen LogP contribution >= 0.6 is 0 Å². The Kier molecular flexibility index (Phi) is 11.7. The van der Waals surface area contributed by atoms with Crippen LogP contribution in [0, 0.1) is 0 Å². The summed E-state index contributed by atoms with van der Waals surface area (Å²) in [5.74, 6) is 0. The molecule has 0 saturated heterocycles. The summed E-state index contributed by atoms with van der Waals surface area (Å²) in [6, 6.07) is 0. The molecule has 2 atom stereocenters. The maximum atomic E-state index is 9.66. The Morgan fingerprint density at radius 3 is 1.95 bits per heavy atom. The lowest BCUT2D eigenvalue weighted by atomic mass is 10.0. The third kappa shape index (κ3) is 8.89. The van der Waals surface area contributed by atoms with Gasteiger partial charge in [0, 0.05) is 12.8 Å². The number of hydrogen-bond acceptors (Lipinski definition) is 3. The van der Waals surface area contributed by atoms with Crippen LogP contribution in [-0.4, -0.2) is 35.2 Å². The van der Waals surface area contributed by atoms with Gasteiger partial charge in [-0.25, -0.2) is 0 Å². The predicted octanol–water partition coefficient (Wildman–Crippen LogP) is 5.13. The smallest absolute Gasteiger partial charge is 0.106 e. The average molecular weight is 311 g/mol. The lowest BCUT2D eigenvalue weighted by Crippen LogP contribution is -2.37.